The number of esters is 1. The summed E-state index contributed by atoms with van der Waals surface area (Å²) in [5.74, 6) is -2.66. The first-order chi connectivity index (χ1) is 6.50. The van der Waals surface area contributed by atoms with E-state index in [1.807, 2.05) is 6.92 Å². The van der Waals surface area contributed by atoms with Crippen LogP contribution in [0.3, 0.4) is 0 Å². The van der Waals surface area contributed by atoms with E-state index < -0.39 is 23.8 Å². The number of carboxylic acid groups (broad SMARTS) is 1. The Hall–Kier alpha value is -1.06. The van der Waals surface area contributed by atoms with E-state index in [4.69, 9.17) is 9.84 Å². The molecule has 0 aromatic heterocycles. The molecule has 2 atom stereocenters. The van der Waals surface area contributed by atoms with Crippen molar-refractivity contribution < 1.29 is 19.4 Å². The second-order valence-corrected chi connectivity index (χ2v) is 3.44. The van der Waals surface area contributed by atoms with Crippen molar-refractivity contribution >= 4 is 11.9 Å². The lowest BCUT2D eigenvalue weighted by Gasteiger charge is -2.14. The summed E-state index contributed by atoms with van der Waals surface area (Å²) in [5, 5.41) is 8.67. The average Bonchev–Trinajstić information content (AvgIpc) is 2.15. The largest absolute Gasteiger partial charge is 0.481 e. The molecule has 0 rings (SSSR count). The Balaban J connectivity index is 3.92. The monoisotopic (exact) mass is 202 g/mol. The molecule has 0 aliphatic rings. The van der Waals surface area contributed by atoms with Gasteiger partial charge in [-0.3, -0.25) is 9.59 Å². The lowest BCUT2D eigenvalue weighted by atomic mass is 9.96. The molecule has 0 saturated carbocycles. The number of unbranched alkanes of at least 4 members (excludes halogenated alkanes) is 1. The predicted molar refractivity (Wildman–Crippen MR) is 51.8 cm³/mol. The predicted octanol–water partition coefficient (Wildman–Crippen LogP) is 1.69. The molecular formula is C10H18O4. The van der Waals surface area contributed by atoms with Crippen LogP contribution in [0.1, 0.15) is 33.6 Å². The molecule has 1 N–H and O–H groups in total. The van der Waals surface area contributed by atoms with Crippen molar-refractivity contribution in [3.8, 4) is 0 Å². The van der Waals surface area contributed by atoms with Gasteiger partial charge in [0.15, 0.2) is 0 Å². The van der Waals surface area contributed by atoms with Gasteiger partial charge >= 0.3 is 11.9 Å². The summed E-state index contributed by atoms with van der Waals surface area (Å²) in [7, 11) is 0. The van der Waals surface area contributed by atoms with E-state index in [0.717, 1.165) is 12.8 Å². The van der Waals surface area contributed by atoms with Crippen LogP contribution in [0.4, 0.5) is 0 Å². The van der Waals surface area contributed by atoms with Crippen LogP contribution in [0.25, 0.3) is 0 Å². The van der Waals surface area contributed by atoms with Gasteiger partial charge < -0.3 is 9.84 Å². The SMILES string of the molecule is CCCCOC(=O)[C@H](C)[C@H](C)C(=O)O. The van der Waals surface area contributed by atoms with Crippen molar-refractivity contribution in [1.29, 1.82) is 0 Å². The van der Waals surface area contributed by atoms with Crippen molar-refractivity contribution in [1.82, 2.24) is 0 Å². The van der Waals surface area contributed by atoms with Crippen molar-refractivity contribution in [2.75, 3.05) is 6.61 Å². The van der Waals surface area contributed by atoms with E-state index in [1.54, 1.807) is 6.92 Å². The molecule has 0 fully saturated rings. The smallest absolute Gasteiger partial charge is 0.309 e. The standard InChI is InChI=1S/C10H18O4/c1-4-5-6-14-10(13)8(3)7(2)9(11)12/h7-8H,4-6H2,1-3H3,(H,11,12)/t7-,8+/m0/s1. The molecule has 0 saturated heterocycles. The summed E-state index contributed by atoms with van der Waals surface area (Å²) in [6.45, 7) is 5.46. The second-order valence-electron chi connectivity index (χ2n) is 3.44. The van der Waals surface area contributed by atoms with Crippen LogP contribution in [-0.2, 0) is 14.3 Å². The summed E-state index contributed by atoms with van der Waals surface area (Å²) < 4.78 is 4.91. The molecule has 0 spiro atoms. The molecule has 14 heavy (non-hydrogen) atoms. The Labute approximate surface area is 84.3 Å². The first kappa shape index (κ1) is 12.9. The maximum Gasteiger partial charge on any atom is 0.309 e. The molecule has 0 bridgehead atoms. The molecule has 0 amide bonds. The van der Waals surface area contributed by atoms with Gasteiger partial charge in [-0.25, -0.2) is 0 Å². The topological polar surface area (TPSA) is 63.6 Å². The van der Waals surface area contributed by atoms with Gasteiger partial charge in [0, 0.05) is 0 Å². The Kier molecular flexibility index (Phi) is 5.92. The van der Waals surface area contributed by atoms with E-state index in [9.17, 15) is 9.59 Å². The molecule has 0 aromatic carbocycles. The minimum absolute atomic E-state index is 0.381. The third-order valence-electron chi connectivity index (χ3n) is 2.25. The zero-order valence-corrected chi connectivity index (χ0v) is 8.95. The Morgan fingerprint density at radius 1 is 1.29 bits per heavy atom. The number of carbonyl (C=O) groups excluding carboxylic acids is 1. The number of carbonyl (C=O) groups is 2. The number of aliphatic carboxylic acids is 1. The highest BCUT2D eigenvalue weighted by Crippen LogP contribution is 2.13. The lowest BCUT2D eigenvalue weighted by Crippen LogP contribution is -2.27. The fourth-order valence-electron chi connectivity index (χ4n) is 0.867. The normalized spacial score (nSPS) is 14.5. The van der Waals surface area contributed by atoms with E-state index in [1.165, 1.54) is 6.92 Å². The number of ether oxygens (including phenoxy) is 1. The quantitative estimate of drug-likeness (QED) is 0.526. The number of rotatable bonds is 6. The van der Waals surface area contributed by atoms with Crippen molar-refractivity contribution in [3.63, 3.8) is 0 Å². The van der Waals surface area contributed by atoms with E-state index in [0.29, 0.717) is 6.61 Å². The van der Waals surface area contributed by atoms with Gasteiger partial charge in [0.1, 0.15) is 0 Å². The Bertz CT molecular complexity index is 200. The molecule has 0 aliphatic heterocycles. The van der Waals surface area contributed by atoms with Crippen LogP contribution in [0.15, 0.2) is 0 Å². The van der Waals surface area contributed by atoms with Crippen LogP contribution in [0.5, 0.6) is 0 Å². The minimum atomic E-state index is -0.968. The van der Waals surface area contributed by atoms with Crippen LogP contribution in [0.2, 0.25) is 0 Å². The van der Waals surface area contributed by atoms with E-state index >= 15 is 0 Å². The Morgan fingerprint density at radius 2 is 1.86 bits per heavy atom. The highest BCUT2D eigenvalue weighted by molar-refractivity contribution is 5.80. The van der Waals surface area contributed by atoms with Gasteiger partial charge in [0.25, 0.3) is 0 Å². The summed E-state index contributed by atoms with van der Waals surface area (Å²) in [4.78, 5) is 21.8. The van der Waals surface area contributed by atoms with Crippen molar-refractivity contribution in [2.45, 2.75) is 33.6 Å². The third-order valence-corrected chi connectivity index (χ3v) is 2.25. The molecule has 0 radical (unpaired) electrons. The van der Waals surface area contributed by atoms with Crippen molar-refractivity contribution in [3.05, 3.63) is 0 Å². The summed E-state index contributed by atoms with van der Waals surface area (Å²) in [6.07, 6.45) is 1.77. The fraction of sp³-hybridized carbons (Fsp3) is 0.800. The maximum atomic E-state index is 11.3. The molecule has 0 aromatic rings. The number of hydrogen-bond acceptors (Lipinski definition) is 3. The van der Waals surface area contributed by atoms with Gasteiger partial charge in [-0.1, -0.05) is 27.2 Å². The molecule has 0 heterocycles. The molecule has 82 valence electrons. The first-order valence-corrected chi connectivity index (χ1v) is 4.90. The van der Waals surface area contributed by atoms with Gasteiger partial charge in [0.05, 0.1) is 18.4 Å². The zero-order chi connectivity index (χ0) is 11.1. The number of hydrogen-bond donors (Lipinski definition) is 1. The molecular weight excluding hydrogens is 184 g/mol. The highest BCUT2D eigenvalue weighted by Gasteiger charge is 2.26. The van der Waals surface area contributed by atoms with Crippen LogP contribution >= 0.6 is 0 Å². The molecule has 0 aliphatic carbocycles. The van der Waals surface area contributed by atoms with Crippen LogP contribution in [-0.4, -0.2) is 23.7 Å². The van der Waals surface area contributed by atoms with Crippen LogP contribution in [0, 0.1) is 11.8 Å². The summed E-state index contributed by atoms with van der Waals surface area (Å²) in [6, 6.07) is 0. The van der Waals surface area contributed by atoms with E-state index in [2.05, 4.69) is 0 Å². The molecule has 0 unspecified atom stereocenters. The van der Waals surface area contributed by atoms with Crippen LogP contribution < -0.4 is 0 Å². The Morgan fingerprint density at radius 3 is 2.29 bits per heavy atom. The van der Waals surface area contributed by atoms with Gasteiger partial charge in [-0.05, 0) is 6.42 Å². The van der Waals surface area contributed by atoms with Gasteiger partial charge in [-0.2, -0.15) is 0 Å². The maximum absolute atomic E-state index is 11.3. The lowest BCUT2D eigenvalue weighted by molar-refractivity contribution is -0.156. The second kappa shape index (κ2) is 6.40. The zero-order valence-electron chi connectivity index (χ0n) is 8.95. The highest BCUT2D eigenvalue weighted by atomic mass is 16.5. The van der Waals surface area contributed by atoms with E-state index in [-0.39, 0.29) is 0 Å². The third kappa shape index (κ3) is 4.25. The van der Waals surface area contributed by atoms with Gasteiger partial charge in [-0.15, -0.1) is 0 Å². The summed E-state index contributed by atoms with van der Waals surface area (Å²) >= 11 is 0. The average molecular weight is 202 g/mol. The van der Waals surface area contributed by atoms with Crippen molar-refractivity contribution in [2.24, 2.45) is 11.8 Å². The summed E-state index contributed by atoms with van der Waals surface area (Å²) in [5.41, 5.74) is 0. The number of carboxylic acids is 1. The molecule has 4 nitrogen and oxygen atoms in total. The molecule has 4 heteroatoms. The first-order valence-electron chi connectivity index (χ1n) is 4.90. The fourth-order valence-corrected chi connectivity index (χ4v) is 0.867. The van der Waals surface area contributed by atoms with Gasteiger partial charge in [0.2, 0.25) is 0 Å². The minimum Gasteiger partial charge on any atom is -0.481 e.